The number of nitrogens with one attached hydrogen (secondary N) is 1. The molecule has 0 aliphatic carbocycles. The van der Waals surface area contributed by atoms with Gasteiger partial charge in [0, 0.05) is 26.2 Å². The lowest BCUT2D eigenvalue weighted by Crippen LogP contribution is -2.42. The van der Waals surface area contributed by atoms with Crippen LogP contribution in [-0.2, 0) is 0 Å². The fourth-order valence-electron chi connectivity index (χ4n) is 0.922. The van der Waals surface area contributed by atoms with E-state index in [9.17, 15) is 0 Å². The van der Waals surface area contributed by atoms with Gasteiger partial charge < -0.3 is 5.32 Å². The third kappa shape index (κ3) is 2.80. The number of piperazine rings is 1. The van der Waals surface area contributed by atoms with Crippen molar-refractivity contribution in [1.29, 1.82) is 0 Å². The lowest BCUT2D eigenvalue weighted by molar-refractivity contribution is 0.280. The number of hydrogen-bond donors (Lipinski definition) is 2. The molecule has 0 aromatic rings. The molecule has 0 saturated carbocycles. The van der Waals surface area contributed by atoms with E-state index < -0.39 is 0 Å². The van der Waals surface area contributed by atoms with Gasteiger partial charge in [0.1, 0.15) is 0 Å². The molecule has 1 N–H and O–H groups in total. The van der Waals surface area contributed by atoms with Gasteiger partial charge in [-0.3, -0.25) is 4.90 Å². The summed E-state index contributed by atoms with van der Waals surface area (Å²) in [7, 11) is 1.60. The van der Waals surface area contributed by atoms with E-state index in [4.69, 9.17) is 0 Å². The SMILES string of the molecule is SSCN1CCNCC1. The second kappa shape index (κ2) is 4.44. The quantitative estimate of drug-likeness (QED) is 0.455. The molecule has 0 unspecified atom stereocenters. The highest BCUT2D eigenvalue weighted by molar-refractivity contribution is 8.68. The molecule has 54 valence electrons. The first-order valence-electron chi connectivity index (χ1n) is 3.13. The van der Waals surface area contributed by atoms with Crippen LogP contribution >= 0.6 is 22.5 Å². The van der Waals surface area contributed by atoms with Crippen molar-refractivity contribution < 1.29 is 0 Å². The van der Waals surface area contributed by atoms with E-state index in [1.54, 1.807) is 10.8 Å². The third-order valence-electron chi connectivity index (χ3n) is 1.45. The molecule has 1 fully saturated rings. The summed E-state index contributed by atoms with van der Waals surface area (Å²) in [5.41, 5.74) is 0. The predicted molar refractivity (Wildman–Crippen MR) is 45.9 cm³/mol. The van der Waals surface area contributed by atoms with Gasteiger partial charge in [0.25, 0.3) is 0 Å². The van der Waals surface area contributed by atoms with Crippen LogP contribution in [0.4, 0.5) is 0 Å². The van der Waals surface area contributed by atoms with E-state index in [1.807, 2.05) is 0 Å². The summed E-state index contributed by atoms with van der Waals surface area (Å²) in [5.74, 6) is 1.06. The van der Waals surface area contributed by atoms with Crippen LogP contribution in [0, 0.1) is 0 Å². The van der Waals surface area contributed by atoms with Crippen LogP contribution in [0.25, 0.3) is 0 Å². The van der Waals surface area contributed by atoms with E-state index in [-0.39, 0.29) is 0 Å². The van der Waals surface area contributed by atoms with Crippen molar-refractivity contribution in [3.05, 3.63) is 0 Å². The van der Waals surface area contributed by atoms with Crippen molar-refractivity contribution in [3.8, 4) is 0 Å². The van der Waals surface area contributed by atoms with Gasteiger partial charge in [-0.05, 0) is 0 Å². The summed E-state index contributed by atoms with van der Waals surface area (Å²) in [4.78, 5) is 2.40. The number of nitrogens with zero attached hydrogens (tertiary/aromatic N) is 1. The molecule has 1 saturated heterocycles. The van der Waals surface area contributed by atoms with Gasteiger partial charge >= 0.3 is 0 Å². The minimum Gasteiger partial charge on any atom is -0.314 e. The molecule has 2 nitrogen and oxygen atoms in total. The van der Waals surface area contributed by atoms with Crippen LogP contribution < -0.4 is 5.32 Å². The van der Waals surface area contributed by atoms with Crippen molar-refractivity contribution in [2.75, 3.05) is 32.1 Å². The van der Waals surface area contributed by atoms with Gasteiger partial charge in [0.05, 0.1) is 5.88 Å². The molecule has 0 aromatic carbocycles. The summed E-state index contributed by atoms with van der Waals surface area (Å²) < 4.78 is 0. The van der Waals surface area contributed by atoms with Crippen LogP contribution in [0.3, 0.4) is 0 Å². The van der Waals surface area contributed by atoms with Crippen LogP contribution in [0.15, 0.2) is 0 Å². The van der Waals surface area contributed by atoms with Crippen molar-refractivity contribution in [3.63, 3.8) is 0 Å². The van der Waals surface area contributed by atoms with Crippen LogP contribution in [0.5, 0.6) is 0 Å². The van der Waals surface area contributed by atoms with Crippen molar-refractivity contribution in [2.45, 2.75) is 0 Å². The fraction of sp³-hybridized carbons (Fsp3) is 1.00. The minimum absolute atomic E-state index is 1.06. The molecule has 0 atom stereocenters. The van der Waals surface area contributed by atoms with Gasteiger partial charge in [-0.25, -0.2) is 0 Å². The van der Waals surface area contributed by atoms with E-state index >= 15 is 0 Å². The Morgan fingerprint density at radius 1 is 1.44 bits per heavy atom. The Morgan fingerprint density at radius 2 is 2.11 bits per heavy atom. The predicted octanol–water partition coefficient (Wildman–Crippen LogP) is 0.427. The molecular weight excluding hydrogens is 152 g/mol. The molecule has 9 heavy (non-hydrogen) atoms. The topological polar surface area (TPSA) is 15.3 Å². The second-order valence-corrected chi connectivity index (χ2v) is 3.42. The molecule has 0 aromatic heterocycles. The van der Waals surface area contributed by atoms with Gasteiger partial charge in [0.15, 0.2) is 0 Å². The molecule has 1 aliphatic heterocycles. The van der Waals surface area contributed by atoms with Crippen molar-refractivity contribution in [1.82, 2.24) is 10.2 Å². The zero-order valence-corrected chi connectivity index (χ0v) is 7.05. The third-order valence-corrected chi connectivity index (χ3v) is 2.28. The Labute approximate surface area is 65.2 Å². The van der Waals surface area contributed by atoms with Gasteiger partial charge in [-0.2, -0.15) is 0 Å². The highest BCUT2D eigenvalue weighted by atomic mass is 33.1. The first-order chi connectivity index (χ1) is 4.43. The molecule has 0 amide bonds. The van der Waals surface area contributed by atoms with Gasteiger partial charge in [0.2, 0.25) is 0 Å². The van der Waals surface area contributed by atoms with Crippen molar-refractivity contribution >= 4 is 22.5 Å². The van der Waals surface area contributed by atoms with E-state index in [1.165, 1.54) is 13.1 Å². The maximum atomic E-state index is 4.09. The van der Waals surface area contributed by atoms with E-state index in [0.717, 1.165) is 19.0 Å². The van der Waals surface area contributed by atoms with Crippen LogP contribution in [0.2, 0.25) is 0 Å². The van der Waals surface area contributed by atoms with Crippen molar-refractivity contribution in [2.24, 2.45) is 0 Å². The summed E-state index contributed by atoms with van der Waals surface area (Å²) in [6.07, 6.45) is 0. The Hall–Kier alpha value is 0.620. The fourth-order valence-corrected chi connectivity index (χ4v) is 1.83. The maximum absolute atomic E-state index is 4.09. The van der Waals surface area contributed by atoms with Crippen LogP contribution in [0.1, 0.15) is 0 Å². The number of thiol groups is 1. The molecule has 0 spiro atoms. The molecule has 1 heterocycles. The van der Waals surface area contributed by atoms with E-state index in [2.05, 4.69) is 21.9 Å². The molecular formula is C5H12N2S2. The Balaban J connectivity index is 2.08. The van der Waals surface area contributed by atoms with Gasteiger partial charge in [-0.1, -0.05) is 10.8 Å². The molecule has 4 heteroatoms. The zero-order valence-electron chi connectivity index (χ0n) is 5.34. The van der Waals surface area contributed by atoms with Crippen LogP contribution in [-0.4, -0.2) is 37.0 Å². The summed E-state index contributed by atoms with van der Waals surface area (Å²) in [5, 5.41) is 3.30. The minimum atomic E-state index is 1.06. The smallest absolute Gasteiger partial charge is 0.0547 e. The monoisotopic (exact) mass is 164 g/mol. The number of hydrogen-bond acceptors (Lipinski definition) is 4. The van der Waals surface area contributed by atoms with E-state index in [0.29, 0.717) is 0 Å². The first kappa shape index (κ1) is 7.72. The lowest BCUT2D eigenvalue weighted by atomic mass is 10.4. The first-order valence-corrected chi connectivity index (χ1v) is 5.16. The lowest BCUT2D eigenvalue weighted by Gasteiger charge is -2.25. The zero-order chi connectivity index (χ0) is 6.53. The number of rotatable bonds is 2. The standard InChI is InChI=1S/C5H12N2S2/c8-9-5-7-3-1-6-2-4-7/h6,8H,1-5H2. The average molecular weight is 164 g/mol. The Kier molecular flexibility index (Phi) is 3.81. The Bertz CT molecular complexity index is 70.6. The highest BCUT2D eigenvalue weighted by Gasteiger charge is 2.06. The molecule has 0 bridgehead atoms. The Morgan fingerprint density at radius 3 is 2.67 bits per heavy atom. The second-order valence-electron chi connectivity index (χ2n) is 2.13. The summed E-state index contributed by atoms with van der Waals surface area (Å²) in [6.45, 7) is 4.61. The highest BCUT2D eigenvalue weighted by Crippen LogP contribution is 2.07. The molecule has 1 rings (SSSR count). The normalized spacial score (nSPS) is 22.3. The maximum Gasteiger partial charge on any atom is 0.0547 e. The molecule has 1 aliphatic rings. The average Bonchev–Trinajstić information content (AvgIpc) is 1.91. The summed E-state index contributed by atoms with van der Waals surface area (Å²) in [6, 6.07) is 0. The van der Waals surface area contributed by atoms with Gasteiger partial charge in [-0.15, -0.1) is 11.7 Å². The summed E-state index contributed by atoms with van der Waals surface area (Å²) >= 11 is 4.09. The molecule has 0 radical (unpaired) electrons. The largest absolute Gasteiger partial charge is 0.314 e.